The van der Waals surface area contributed by atoms with Crippen LogP contribution in [0, 0.1) is 5.41 Å². The van der Waals surface area contributed by atoms with E-state index in [0.29, 0.717) is 19.3 Å². The maximum Gasteiger partial charge on any atom is 0.309 e. The van der Waals surface area contributed by atoms with Gasteiger partial charge in [0.05, 0.1) is 5.41 Å². The molecule has 98 valence electrons. The van der Waals surface area contributed by atoms with E-state index in [-0.39, 0.29) is 12.5 Å². The van der Waals surface area contributed by atoms with Crippen LogP contribution < -0.4 is 5.32 Å². The Labute approximate surface area is 101 Å². The van der Waals surface area contributed by atoms with Crippen LogP contribution >= 0.6 is 0 Å². The lowest BCUT2D eigenvalue weighted by molar-refractivity contribution is -0.147. The third kappa shape index (κ3) is 3.43. The number of aliphatic hydroxyl groups is 1. The molecule has 3 N–H and O–H groups in total. The molecule has 1 fully saturated rings. The van der Waals surface area contributed by atoms with Gasteiger partial charge in [0, 0.05) is 6.54 Å². The molecule has 17 heavy (non-hydrogen) atoms. The van der Waals surface area contributed by atoms with Crippen LogP contribution in [0.25, 0.3) is 0 Å². The van der Waals surface area contributed by atoms with E-state index in [1.165, 1.54) is 0 Å². The van der Waals surface area contributed by atoms with Gasteiger partial charge in [0.1, 0.15) is 5.60 Å². The van der Waals surface area contributed by atoms with Crippen LogP contribution in [0.5, 0.6) is 0 Å². The molecule has 0 saturated heterocycles. The molecule has 0 aromatic carbocycles. The maximum absolute atomic E-state index is 11.7. The van der Waals surface area contributed by atoms with Crippen LogP contribution in [-0.4, -0.2) is 34.2 Å². The van der Waals surface area contributed by atoms with E-state index in [1.807, 2.05) is 0 Å². The highest BCUT2D eigenvalue weighted by atomic mass is 16.4. The number of carbonyl (C=O) groups is 2. The van der Waals surface area contributed by atoms with Gasteiger partial charge in [-0.05, 0) is 46.0 Å². The van der Waals surface area contributed by atoms with E-state index in [2.05, 4.69) is 5.32 Å². The number of hydrogen-bond acceptors (Lipinski definition) is 3. The first-order chi connectivity index (χ1) is 7.78. The predicted molar refractivity (Wildman–Crippen MR) is 62.5 cm³/mol. The Kier molecular flexibility index (Phi) is 4.14. The molecule has 5 nitrogen and oxygen atoms in total. The van der Waals surface area contributed by atoms with Crippen LogP contribution in [0.1, 0.15) is 46.0 Å². The Balaban J connectivity index is 2.37. The van der Waals surface area contributed by atoms with Crippen molar-refractivity contribution in [2.75, 3.05) is 6.54 Å². The third-order valence-electron chi connectivity index (χ3n) is 3.47. The van der Waals surface area contributed by atoms with Gasteiger partial charge in [-0.15, -0.1) is 0 Å². The summed E-state index contributed by atoms with van der Waals surface area (Å²) in [6, 6.07) is 0. The van der Waals surface area contributed by atoms with Crippen LogP contribution in [0.15, 0.2) is 0 Å². The van der Waals surface area contributed by atoms with E-state index < -0.39 is 17.0 Å². The summed E-state index contributed by atoms with van der Waals surface area (Å²) in [6.07, 6.45) is 3.08. The third-order valence-corrected chi connectivity index (χ3v) is 3.47. The van der Waals surface area contributed by atoms with E-state index in [9.17, 15) is 14.7 Å². The fourth-order valence-corrected chi connectivity index (χ4v) is 1.95. The second-order valence-corrected chi connectivity index (χ2v) is 5.43. The lowest BCUT2D eigenvalue weighted by Gasteiger charge is -2.23. The zero-order valence-corrected chi connectivity index (χ0v) is 10.5. The number of carboxylic acid groups (broad SMARTS) is 1. The Bertz CT molecular complexity index is 306. The average molecular weight is 243 g/mol. The van der Waals surface area contributed by atoms with Gasteiger partial charge in [-0.3, -0.25) is 9.59 Å². The molecule has 0 radical (unpaired) electrons. The summed E-state index contributed by atoms with van der Waals surface area (Å²) in [7, 11) is 0. The first kappa shape index (κ1) is 14.0. The van der Waals surface area contributed by atoms with Crippen LogP contribution in [-0.2, 0) is 9.59 Å². The SMILES string of the molecule is CC(C)(CCNC(=O)C1(O)CCCC1)C(=O)O. The van der Waals surface area contributed by atoms with Crippen molar-refractivity contribution >= 4 is 11.9 Å². The average Bonchev–Trinajstić information content (AvgIpc) is 2.66. The van der Waals surface area contributed by atoms with Gasteiger partial charge in [0.25, 0.3) is 5.91 Å². The molecule has 0 aromatic rings. The van der Waals surface area contributed by atoms with Crippen molar-refractivity contribution < 1.29 is 19.8 Å². The summed E-state index contributed by atoms with van der Waals surface area (Å²) in [4.78, 5) is 22.6. The van der Waals surface area contributed by atoms with Gasteiger partial charge < -0.3 is 15.5 Å². The highest BCUT2D eigenvalue weighted by molar-refractivity contribution is 5.85. The fraction of sp³-hybridized carbons (Fsp3) is 0.833. The molecular weight excluding hydrogens is 222 g/mol. The van der Waals surface area contributed by atoms with Gasteiger partial charge in [-0.2, -0.15) is 0 Å². The molecule has 0 aliphatic heterocycles. The molecule has 0 heterocycles. The number of carbonyl (C=O) groups excluding carboxylic acids is 1. The second-order valence-electron chi connectivity index (χ2n) is 5.43. The number of rotatable bonds is 5. The summed E-state index contributed by atoms with van der Waals surface area (Å²) >= 11 is 0. The highest BCUT2D eigenvalue weighted by Crippen LogP contribution is 2.29. The monoisotopic (exact) mass is 243 g/mol. The number of hydrogen-bond donors (Lipinski definition) is 3. The summed E-state index contributed by atoms with van der Waals surface area (Å²) < 4.78 is 0. The molecule has 0 spiro atoms. The van der Waals surface area contributed by atoms with Crippen LogP contribution in [0.2, 0.25) is 0 Å². The van der Waals surface area contributed by atoms with Crippen molar-refractivity contribution in [3.8, 4) is 0 Å². The molecular formula is C12H21NO4. The van der Waals surface area contributed by atoms with E-state index in [4.69, 9.17) is 5.11 Å². The Morgan fingerprint density at radius 3 is 2.29 bits per heavy atom. The van der Waals surface area contributed by atoms with Crippen molar-refractivity contribution in [2.45, 2.75) is 51.6 Å². The smallest absolute Gasteiger partial charge is 0.309 e. The van der Waals surface area contributed by atoms with Crippen LogP contribution in [0.3, 0.4) is 0 Å². The van der Waals surface area contributed by atoms with Gasteiger partial charge >= 0.3 is 5.97 Å². The van der Waals surface area contributed by atoms with Gasteiger partial charge in [0.2, 0.25) is 0 Å². The van der Waals surface area contributed by atoms with Crippen molar-refractivity contribution in [2.24, 2.45) is 5.41 Å². The topological polar surface area (TPSA) is 86.6 Å². The van der Waals surface area contributed by atoms with Gasteiger partial charge in [0.15, 0.2) is 0 Å². The molecule has 1 rings (SSSR count). The summed E-state index contributed by atoms with van der Waals surface area (Å²) in [6.45, 7) is 3.51. The highest BCUT2D eigenvalue weighted by Gasteiger charge is 2.38. The van der Waals surface area contributed by atoms with Crippen molar-refractivity contribution in [1.29, 1.82) is 0 Å². The first-order valence-corrected chi connectivity index (χ1v) is 6.02. The van der Waals surface area contributed by atoms with E-state index in [0.717, 1.165) is 12.8 Å². The zero-order valence-electron chi connectivity index (χ0n) is 10.5. The van der Waals surface area contributed by atoms with Crippen LogP contribution in [0.4, 0.5) is 0 Å². The van der Waals surface area contributed by atoms with Crippen molar-refractivity contribution in [3.05, 3.63) is 0 Å². The first-order valence-electron chi connectivity index (χ1n) is 6.02. The van der Waals surface area contributed by atoms with Gasteiger partial charge in [-0.1, -0.05) is 0 Å². The fourth-order valence-electron chi connectivity index (χ4n) is 1.95. The largest absolute Gasteiger partial charge is 0.481 e. The molecule has 0 bridgehead atoms. The number of carboxylic acids is 1. The quantitative estimate of drug-likeness (QED) is 0.670. The Morgan fingerprint density at radius 2 is 1.82 bits per heavy atom. The lowest BCUT2D eigenvalue weighted by Crippen LogP contribution is -2.45. The molecule has 0 unspecified atom stereocenters. The number of amides is 1. The standard InChI is InChI=1S/C12H21NO4/c1-11(2,10(15)16)7-8-13-9(14)12(17)5-3-4-6-12/h17H,3-8H2,1-2H3,(H,13,14)(H,15,16). The summed E-state index contributed by atoms with van der Waals surface area (Å²) in [5, 5.41) is 21.5. The molecule has 5 heteroatoms. The number of nitrogens with one attached hydrogen (secondary N) is 1. The zero-order chi connectivity index (χ0) is 13.1. The Hall–Kier alpha value is -1.10. The molecule has 0 atom stereocenters. The van der Waals surface area contributed by atoms with E-state index >= 15 is 0 Å². The molecule has 0 aromatic heterocycles. The predicted octanol–water partition coefficient (Wildman–Crippen LogP) is 0.909. The molecule has 1 aliphatic rings. The maximum atomic E-state index is 11.7. The Morgan fingerprint density at radius 1 is 1.29 bits per heavy atom. The minimum absolute atomic E-state index is 0.278. The van der Waals surface area contributed by atoms with E-state index in [1.54, 1.807) is 13.8 Å². The normalized spacial score (nSPS) is 19.0. The molecule has 1 amide bonds. The van der Waals surface area contributed by atoms with Crippen molar-refractivity contribution in [1.82, 2.24) is 5.32 Å². The summed E-state index contributed by atoms with van der Waals surface area (Å²) in [5.41, 5.74) is -2.08. The van der Waals surface area contributed by atoms with Gasteiger partial charge in [-0.25, -0.2) is 0 Å². The second kappa shape index (κ2) is 5.04. The number of aliphatic carboxylic acids is 1. The minimum Gasteiger partial charge on any atom is -0.481 e. The molecule has 1 aliphatic carbocycles. The minimum atomic E-state index is -1.23. The summed E-state index contributed by atoms with van der Waals surface area (Å²) in [5.74, 6) is -1.25. The van der Waals surface area contributed by atoms with Crippen molar-refractivity contribution in [3.63, 3.8) is 0 Å². The lowest BCUT2D eigenvalue weighted by atomic mass is 9.89. The molecule has 1 saturated carbocycles.